The summed E-state index contributed by atoms with van der Waals surface area (Å²) in [6.45, 7) is 6.47. The van der Waals surface area contributed by atoms with Gasteiger partial charge in [-0.2, -0.15) is 0 Å². The first-order chi connectivity index (χ1) is 4.16. The highest BCUT2D eigenvalue weighted by molar-refractivity contribution is 4.79. The Balaban J connectivity index is 3.38. The topological polar surface area (TPSA) is 20.2 Å². The maximum absolute atomic E-state index is 8.37. The first-order valence-electron chi connectivity index (χ1n) is 3.47. The van der Waals surface area contributed by atoms with Gasteiger partial charge in [0.25, 0.3) is 0 Å². The molecule has 0 aliphatic carbocycles. The predicted octanol–water partition coefficient (Wildman–Crippen LogP) is 2.74. The molecule has 0 heterocycles. The van der Waals surface area contributed by atoms with Gasteiger partial charge in [-0.25, -0.2) is 0 Å². The van der Waals surface area contributed by atoms with Crippen LogP contribution in [0.5, 0.6) is 0 Å². The van der Waals surface area contributed by atoms with Crippen LogP contribution < -0.4 is 0 Å². The average molecular weight is 128 g/mol. The van der Waals surface area contributed by atoms with Crippen LogP contribution in [-0.4, -0.2) is 5.11 Å². The Morgan fingerprint density at radius 3 is 2.22 bits per heavy atom. The number of hydrogen-bond donors (Lipinski definition) is 1. The van der Waals surface area contributed by atoms with E-state index in [4.69, 9.17) is 5.11 Å². The average Bonchev–Trinajstić information content (AvgIpc) is 1.63. The Morgan fingerprint density at radius 1 is 1.33 bits per heavy atom. The highest BCUT2D eigenvalue weighted by Gasteiger charge is 1.99. The SMILES string of the molecule is CC(C)CC(C)C=CO. The molecule has 0 radical (unpaired) electrons. The zero-order valence-corrected chi connectivity index (χ0v) is 6.46. The van der Waals surface area contributed by atoms with Crippen molar-refractivity contribution in [1.82, 2.24) is 0 Å². The summed E-state index contributed by atoms with van der Waals surface area (Å²) in [5, 5.41) is 8.37. The summed E-state index contributed by atoms with van der Waals surface area (Å²) < 4.78 is 0. The molecule has 0 saturated heterocycles. The van der Waals surface area contributed by atoms with Gasteiger partial charge in [0.05, 0.1) is 6.26 Å². The van der Waals surface area contributed by atoms with Gasteiger partial charge >= 0.3 is 0 Å². The summed E-state index contributed by atoms with van der Waals surface area (Å²) in [6.07, 6.45) is 4.10. The van der Waals surface area contributed by atoms with Crippen molar-refractivity contribution in [2.45, 2.75) is 27.2 Å². The number of aliphatic hydroxyl groups excluding tert-OH is 1. The first kappa shape index (κ1) is 8.54. The fourth-order valence-electron chi connectivity index (χ4n) is 0.969. The lowest BCUT2D eigenvalue weighted by Crippen LogP contribution is -1.95. The lowest BCUT2D eigenvalue weighted by Gasteiger charge is -2.07. The van der Waals surface area contributed by atoms with Gasteiger partial charge in [0.2, 0.25) is 0 Å². The molecule has 0 amide bonds. The van der Waals surface area contributed by atoms with Crippen LogP contribution in [0.3, 0.4) is 0 Å². The van der Waals surface area contributed by atoms with E-state index < -0.39 is 0 Å². The van der Waals surface area contributed by atoms with Crippen molar-refractivity contribution >= 4 is 0 Å². The van der Waals surface area contributed by atoms with Gasteiger partial charge in [0, 0.05) is 0 Å². The van der Waals surface area contributed by atoms with E-state index >= 15 is 0 Å². The summed E-state index contributed by atoms with van der Waals surface area (Å²) in [6, 6.07) is 0. The Labute approximate surface area is 57.4 Å². The van der Waals surface area contributed by atoms with Gasteiger partial charge in [-0.05, 0) is 24.3 Å². The molecule has 0 fully saturated rings. The van der Waals surface area contributed by atoms with E-state index in [2.05, 4.69) is 20.8 Å². The van der Waals surface area contributed by atoms with E-state index in [1.54, 1.807) is 0 Å². The predicted molar refractivity (Wildman–Crippen MR) is 40.4 cm³/mol. The molecule has 0 aromatic carbocycles. The van der Waals surface area contributed by atoms with E-state index in [0.29, 0.717) is 5.92 Å². The Hall–Kier alpha value is -0.460. The molecule has 0 aliphatic heterocycles. The molecule has 0 aromatic rings. The van der Waals surface area contributed by atoms with Crippen LogP contribution in [0.1, 0.15) is 27.2 Å². The molecule has 1 unspecified atom stereocenters. The number of aliphatic hydroxyl groups is 1. The maximum atomic E-state index is 8.37. The standard InChI is InChI=1S/C8H16O/c1-7(2)6-8(3)4-5-9/h4-5,7-9H,6H2,1-3H3. The normalized spacial score (nSPS) is 15.1. The van der Waals surface area contributed by atoms with Crippen molar-refractivity contribution in [3.63, 3.8) is 0 Å². The van der Waals surface area contributed by atoms with Gasteiger partial charge in [0.15, 0.2) is 0 Å². The Bertz CT molecular complexity index is 84.6. The van der Waals surface area contributed by atoms with E-state index in [1.165, 1.54) is 0 Å². The molecule has 1 atom stereocenters. The van der Waals surface area contributed by atoms with Gasteiger partial charge in [-0.3, -0.25) is 0 Å². The minimum Gasteiger partial charge on any atom is -0.516 e. The molecule has 0 aliphatic rings. The summed E-state index contributed by atoms with van der Waals surface area (Å²) in [7, 11) is 0. The van der Waals surface area contributed by atoms with Crippen LogP contribution in [0.2, 0.25) is 0 Å². The molecule has 0 aromatic heterocycles. The molecule has 0 bridgehead atoms. The van der Waals surface area contributed by atoms with Crippen molar-refractivity contribution in [1.29, 1.82) is 0 Å². The second-order valence-electron chi connectivity index (χ2n) is 2.95. The third-order valence-electron chi connectivity index (χ3n) is 1.26. The highest BCUT2D eigenvalue weighted by atomic mass is 16.2. The van der Waals surface area contributed by atoms with Crippen molar-refractivity contribution in [3.8, 4) is 0 Å². The van der Waals surface area contributed by atoms with Crippen LogP contribution in [0.15, 0.2) is 12.3 Å². The van der Waals surface area contributed by atoms with Gasteiger partial charge in [-0.15, -0.1) is 0 Å². The number of hydrogen-bond acceptors (Lipinski definition) is 1. The zero-order chi connectivity index (χ0) is 7.28. The summed E-state index contributed by atoms with van der Waals surface area (Å²) in [5.74, 6) is 1.23. The molecule has 1 N–H and O–H groups in total. The number of rotatable bonds is 3. The van der Waals surface area contributed by atoms with Crippen molar-refractivity contribution < 1.29 is 5.11 Å². The summed E-state index contributed by atoms with van der Waals surface area (Å²) in [5.41, 5.74) is 0. The molecule has 0 saturated carbocycles. The van der Waals surface area contributed by atoms with Crippen LogP contribution in [0.4, 0.5) is 0 Å². The second-order valence-corrected chi connectivity index (χ2v) is 2.95. The minimum atomic E-state index is 0.509. The summed E-state index contributed by atoms with van der Waals surface area (Å²) >= 11 is 0. The molecular weight excluding hydrogens is 112 g/mol. The minimum absolute atomic E-state index is 0.509. The lowest BCUT2D eigenvalue weighted by atomic mass is 9.99. The summed E-state index contributed by atoms with van der Waals surface area (Å²) in [4.78, 5) is 0. The maximum Gasteiger partial charge on any atom is 0.0754 e. The van der Waals surface area contributed by atoms with Crippen molar-refractivity contribution in [2.24, 2.45) is 11.8 Å². The Morgan fingerprint density at radius 2 is 1.89 bits per heavy atom. The van der Waals surface area contributed by atoms with Crippen LogP contribution in [-0.2, 0) is 0 Å². The molecular formula is C8H16O. The fraction of sp³-hybridized carbons (Fsp3) is 0.750. The third kappa shape index (κ3) is 5.41. The molecule has 54 valence electrons. The van der Waals surface area contributed by atoms with Gasteiger partial charge < -0.3 is 5.11 Å². The number of allylic oxidation sites excluding steroid dienone is 1. The van der Waals surface area contributed by atoms with Gasteiger partial charge in [-0.1, -0.05) is 20.8 Å². The first-order valence-corrected chi connectivity index (χ1v) is 3.47. The highest BCUT2D eigenvalue weighted by Crippen LogP contribution is 2.10. The molecule has 1 nitrogen and oxygen atoms in total. The fourth-order valence-corrected chi connectivity index (χ4v) is 0.969. The van der Waals surface area contributed by atoms with Crippen molar-refractivity contribution in [3.05, 3.63) is 12.3 Å². The molecule has 0 spiro atoms. The second kappa shape index (κ2) is 4.42. The smallest absolute Gasteiger partial charge is 0.0754 e. The quantitative estimate of drug-likeness (QED) is 0.579. The van der Waals surface area contributed by atoms with Crippen molar-refractivity contribution in [2.75, 3.05) is 0 Å². The van der Waals surface area contributed by atoms with E-state index in [1.807, 2.05) is 6.08 Å². The van der Waals surface area contributed by atoms with Crippen LogP contribution in [0, 0.1) is 11.8 Å². The Kier molecular flexibility index (Phi) is 4.20. The zero-order valence-electron chi connectivity index (χ0n) is 6.46. The monoisotopic (exact) mass is 128 g/mol. The van der Waals surface area contributed by atoms with E-state index in [9.17, 15) is 0 Å². The van der Waals surface area contributed by atoms with E-state index in [-0.39, 0.29) is 0 Å². The van der Waals surface area contributed by atoms with Crippen LogP contribution in [0.25, 0.3) is 0 Å². The third-order valence-corrected chi connectivity index (χ3v) is 1.26. The lowest BCUT2D eigenvalue weighted by molar-refractivity contribution is 0.450. The molecule has 9 heavy (non-hydrogen) atoms. The van der Waals surface area contributed by atoms with E-state index in [0.717, 1.165) is 18.6 Å². The molecule has 1 heteroatoms. The van der Waals surface area contributed by atoms with Gasteiger partial charge in [0.1, 0.15) is 0 Å². The van der Waals surface area contributed by atoms with Crippen LogP contribution >= 0.6 is 0 Å². The molecule has 0 rings (SSSR count). The largest absolute Gasteiger partial charge is 0.516 e.